The van der Waals surface area contributed by atoms with Gasteiger partial charge in [0, 0.05) is 30.2 Å². The molecule has 0 amide bonds. The van der Waals surface area contributed by atoms with E-state index in [1.807, 2.05) is 0 Å². The Kier molecular flexibility index (Phi) is 7.52. The van der Waals surface area contributed by atoms with Crippen LogP contribution in [0.4, 0.5) is 0 Å². The van der Waals surface area contributed by atoms with E-state index in [1.165, 1.54) is 33.6 Å². The molecular formula is C25H22ClNO4. The van der Waals surface area contributed by atoms with Crippen molar-refractivity contribution in [2.24, 2.45) is 0 Å². The fourth-order valence-electron chi connectivity index (χ4n) is 3.38. The summed E-state index contributed by atoms with van der Waals surface area (Å²) in [6.07, 6.45) is 0. The number of pyridine rings is 1. The van der Waals surface area contributed by atoms with Crippen LogP contribution >= 0.6 is 0 Å². The van der Waals surface area contributed by atoms with Gasteiger partial charge in [0.25, 0.3) is 0 Å². The largest absolute Gasteiger partial charge is 0.222 e. The summed E-state index contributed by atoms with van der Waals surface area (Å²) in [4.78, 5) is 0. The highest BCUT2D eigenvalue weighted by Crippen LogP contribution is 2.25. The van der Waals surface area contributed by atoms with Crippen LogP contribution in [0.1, 0.15) is 11.3 Å². The molecule has 0 aliphatic carbocycles. The number of benzene rings is 3. The molecule has 0 fully saturated rings. The third kappa shape index (κ3) is 7.00. The molecule has 0 saturated carbocycles. The zero-order chi connectivity index (χ0) is 22.3. The first-order valence-electron chi connectivity index (χ1n) is 9.62. The maximum absolute atomic E-state index is 8.49. The van der Waals surface area contributed by atoms with Crippen LogP contribution in [0.25, 0.3) is 22.4 Å². The molecule has 1 heterocycles. The monoisotopic (exact) mass is 435 g/mol. The second-order valence-electron chi connectivity index (χ2n) is 6.95. The van der Waals surface area contributed by atoms with Crippen molar-refractivity contribution in [1.82, 2.24) is 0 Å². The van der Waals surface area contributed by atoms with Gasteiger partial charge in [0.1, 0.15) is 0 Å². The van der Waals surface area contributed by atoms with Gasteiger partial charge >= 0.3 is 0 Å². The first-order valence-corrected chi connectivity index (χ1v) is 10.9. The molecule has 0 unspecified atom stereocenters. The van der Waals surface area contributed by atoms with Gasteiger partial charge in [0.2, 0.25) is 5.69 Å². The van der Waals surface area contributed by atoms with E-state index in [0.717, 1.165) is 6.54 Å². The molecule has 0 aliphatic rings. The first-order chi connectivity index (χ1) is 14.8. The third-order valence-corrected chi connectivity index (χ3v) is 4.73. The first kappa shape index (κ1) is 22.6. The molecule has 0 atom stereocenters. The lowest BCUT2D eigenvalue weighted by atomic mass is 10.0. The van der Waals surface area contributed by atoms with Crippen LogP contribution < -0.4 is 23.2 Å². The maximum Gasteiger partial charge on any atom is 0.213 e. The van der Waals surface area contributed by atoms with E-state index in [4.69, 9.17) is 18.6 Å². The minimum Gasteiger partial charge on any atom is -0.222 e. The van der Waals surface area contributed by atoms with Crippen LogP contribution in [0.2, 0.25) is 0 Å². The van der Waals surface area contributed by atoms with Gasteiger partial charge in [0.05, 0.1) is 0 Å². The van der Waals surface area contributed by atoms with E-state index in [2.05, 4.69) is 115 Å². The Bertz CT molecular complexity index is 1090. The second-order valence-corrected chi connectivity index (χ2v) is 7.71. The van der Waals surface area contributed by atoms with E-state index in [1.54, 1.807) is 0 Å². The lowest BCUT2D eigenvalue weighted by Gasteiger charge is -2.17. The summed E-state index contributed by atoms with van der Waals surface area (Å²) in [5.74, 6) is 0. The standard InChI is InChI=1S/C25H22N.ClHO4/c1-20-17-24(22-13-7-3-8-14-22)18-25(23-15-9-4-10-16-23)26(20)19-21-11-5-2-6-12-21;2-1(3,4)5/h2-18H,19H2,1H3;(H,2,3,4,5)/q+1;/p-1. The molecule has 0 N–H and O–H groups in total. The van der Waals surface area contributed by atoms with Gasteiger partial charge in [-0.05, 0) is 23.3 Å². The van der Waals surface area contributed by atoms with E-state index >= 15 is 0 Å². The van der Waals surface area contributed by atoms with Crippen LogP contribution in [0.15, 0.2) is 103 Å². The second kappa shape index (κ2) is 10.3. The van der Waals surface area contributed by atoms with Crippen molar-refractivity contribution < 1.29 is 33.4 Å². The Balaban J connectivity index is 0.000000491. The minimum atomic E-state index is -4.94. The molecule has 0 radical (unpaired) electrons. The van der Waals surface area contributed by atoms with Crippen LogP contribution in [-0.2, 0) is 6.54 Å². The van der Waals surface area contributed by atoms with Crippen LogP contribution in [-0.4, -0.2) is 0 Å². The normalized spacial score (nSPS) is 10.9. The molecule has 0 aliphatic heterocycles. The van der Waals surface area contributed by atoms with Gasteiger partial charge in [-0.25, -0.2) is 18.6 Å². The maximum atomic E-state index is 8.49. The smallest absolute Gasteiger partial charge is 0.213 e. The Morgan fingerprint density at radius 2 is 1.06 bits per heavy atom. The van der Waals surface area contributed by atoms with E-state index in [0.29, 0.717) is 0 Å². The van der Waals surface area contributed by atoms with Crippen molar-refractivity contribution in [2.45, 2.75) is 13.5 Å². The van der Waals surface area contributed by atoms with Gasteiger partial charge in [0.15, 0.2) is 12.2 Å². The van der Waals surface area contributed by atoms with Crippen LogP contribution in [0, 0.1) is 17.2 Å². The van der Waals surface area contributed by atoms with Crippen molar-refractivity contribution in [2.75, 3.05) is 0 Å². The summed E-state index contributed by atoms with van der Waals surface area (Å²) in [5, 5.41) is 0. The predicted octanol–water partition coefficient (Wildman–Crippen LogP) is 0.909. The van der Waals surface area contributed by atoms with Gasteiger partial charge in [-0.3, -0.25) is 0 Å². The zero-order valence-corrected chi connectivity index (χ0v) is 17.7. The molecule has 6 heteroatoms. The molecule has 0 bridgehead atoms. The topological polar surface area (TPSA) is 96.1 Å². The molecule has 0 saturated heterocycles. The Morgan fingerprint density at radius 1 is 0.613 bits per heavy atom. The summed E-state index contributed by atoms with van der Waals surface area (Å²) in [6, 6.07) is 36.5. The van der Waals surface area contributed by atoms with E-state index < -0.39 is 10.2 Å². The average molecular weight is 436 g/mol. The molecule has 0 spiro atoms. The number of nitrogens with zero attached hydrogens (tertiary/aromatic N) is 1. The summed E-state index contributed by atoms with van der Waals surface area (Å²) in [5.41, 5.74) is 7.56. The highest BCUT2D eigenvalue weighted by Gasteiger charge is 2.19. The minimum absolute atomic E-state index is 0.867. The van der Waals surface area contributed by atoms with E-state index in [-0.39, 0.29) is 0 Å². The zero-order valence-electron chi connectivity index (χ0n) is 17.0. The SMILES string of the molecule is Cc1cc(-c2ccccc2)cc(-c2ccccc2)[n+]1Cc1ccccc1.[O-][Cl+3]([O-])([O-])[O-]. The summed E-state index contributed by atoms with van der Waals surface area (Å²) in [7, 11) is -4.94. The number of halogens is 1. The molecule has 4 rings (SSSR count). The Labute approximate surface area is 183 Å². The van der Waals surface area contributed by atoms with E-state index in [9.17, 15) is 0 Å². The molecule has 4 aromatic rings. The number of hydrogen-bond donors (Lipinski definition) is 0. The third-order valence-electron chi connectivity index (χ3n) is 4.73. The fraction of sp³-hybridized carbons (Fsp3) is 0.0800. The van der Waals surface area contributed by atoms with Crippen molar-refractivity contribution >= 4 is 0 Å². The van der Waals surface area contributed by atoms with Crippen molar-refractivity contribution in [1.29, 1.82) is 0 Å². The van der Waals surface area contributed by atoms with Crippen molar-refractivity contribution in [3.05, 3.63) is 114 Å². The molecule has 5 nitrogen and oxygen atoms in total. The number of hydrogen-bond acceptors (Lipinski definition) is 4. The molecule has 3 aromatic carbocycles. The molecule has 1 aromatic heterocycles. The quantitative estimate of drug-likeness (QED) is 0.445. The highest BCUT2D eigenvalue weighted by molar-refractivity contribution is 5.69. The van der Waals surface area contributed by atoms with Crippen molar-refractivity contribution in [3.63, 3.8) is 0 Å². The lowest BCUT2D eigenvalue weighted by molar-refractivity contribution is -2.00. The Morgan fingerprint density at radius 3 is 1.58 bits per heavy atom. The number of aryl methyl sites for hydroxylation is 1. The van der Waals surface area contributed by atoms with Crippen LogP contribution in [0.5, 0.6) is 0 Å². The van der Waals surface area contributed by atoms with Crippen LogP contribution in [0.3, 0.4) is 0 Å². The molecule has 31 heavy (non-hydrogen) atoms. The average Bonchev–Trinajstić information content (AvgIpc) is 2.76. The highest BCUT2D eigenvalue weighted by atomic mass is 35.7. The van der Waals surface area contributed by atoms with Crippen molar-refractivity contribution in [3.8, 4) is 22.4 Å². The summed E-state index contributed by atoms with van der Waals surface area (Å²) in [6.45, 7) is 3.06. The summed E-state index contributed by atoms with van der Waals surface area (Å²) < 4.78 is 36.4. The fourth-order valence-corrected chi connectivity index (χ4v) is 3.38. The van der Waals surface area contributed by atoms with Gasteiger partial charge < -0.3 is 0 Å². The molecular weight excluding hydrogens is 414 g/mol. The van der Waals surface area contributed by atoms with Gasteiger partial charge in [-0.1, -0.05) is 78.9 Å². The Hall–Kier alpha value is -3.06. The number of rotatable bonds is 4. The van der Waals surface area contributed by atoms with Gasteiger partial charge in [-0.15, -0.1) is 10.2 Å². The lowest BCUT2D eigenvalue weighted by Crippen LogP contribution is -2.68. The predicted molar refractivity (Wildman–Crippen MR) is 108 cm³/mol. The molecule has 158 valence electrons. The number of aromatic nitrogens is 1. The summed E-state index contributed by atoms with van der Waals surface area (Å²) >= 11 is 0. The van der Waals surface area contributed by atoms with Gasteiger partial charge in [-0.2, -0.15) is 4.57 Å².